The molecule has 1 aromatic carbocycles. The highest BCUT2D eigenvalue weighted by molar-refractivity contribution is 7.80. The third kappa shape index (κ3) is 3.78. The summed E-state index contributed by atoms with van der Waals surface area (Å²) in [4.78, 5) is 19.1. The number of hydrogen-bond donors (Lipinski definition) is 1. The summed E-state index contributed by atoms with van der Waals surface area (Å²) in [6.07, 6.45) is -0.389. The highest BCUT2D eigenvalue weighted by atomic mass is 32.1. The number of carbonyl (C=O) groups is 1. The molecular weight excluding hydrogens is 356 g/mol. The maximum absolute atomic E-state index is 12.8. The number of rotatable bonds is 2. The summed E-state index contributed by atoms with van der Waals surface area (Å²) < 4.78 is 12.6. The fraction of sp³-hybridized carbons (Fsp3) is 0.556. The van der Waals surface area contributed by atoms with Crippen molar-refractivity contribution in [3.8, 4) is 0 Å². The monoisotopic (exact) mass is 380 g/mol. The van der Waals surface area contributed by atoms with Crippen LogP contribution in [-0.2, 0) is 9.47 Å². The molecule has 0 bridgehead atoms. The molecule has 1 fully saturated rings. The molecule has 7 heteroatoms. The van der Waals surface area contributed by atoms with E-state index in [0.29, 0.717) is 6.61 Å². The van der Waals surface area contributed by atoms with Gasteiger partial charge < -0.3 is 9.47 Å². The summed E-state index contributed by atoms with van der Waals surface area (Å²) in [5.74, 6) is 0. The maximum Gasteiger partial charge on any atom is 0.412 e. The lowest BCUT2D eigenvalue weighted by molar-refractivity contribution is -0.0624. The molecule has 0 N–H and O–H groups in total. The molecule has 5 nitrogen and oxygen atoms in total. The molecule has 1 aliphatic heterocycles. The van der Waals surface area contributed by atoms with Crippen molar-refractivity contribution in [3.05, 3.63) is 29.3 Å². The summed E-state index contributed by atoms with van der Waals surface area (Å²) in [5, 5.41) is 0.635. The standard InChI is InChI=1S/C18H24N2O3S2/c1-17(2,3)23-16(21)20-12(10-22-18(20,4)5)14(24)15-19-11-8-6-7-9-13(11)25-15/h6-9,12,14,24H,10H2,1-5H3/t12-,14?/m1/s1. The zero-order valence-electron chi connectivity index (χ0n) is 15.1. The van der Waals surface area contributed by atoms with Crippen LogP contribution in [0.5, 0.6) is 0 Å². The summed E-state index contributed by atoms with van der Waals surface area (Å²) in [5.41, 5.74) is -0.365. The summed E-state index contributed by atoms with van der Waals surface area (Å²) in [6.45, 7) is 9.71. The van der Waals surface area contributed by atoms with Gasteiger partial charge in [-0.15, -0.1) is 11.3 Å². The minimum atomic E-state index is -0.745. The Hall–Kier alpha value is -1.31. The van der Waals surface area contributed by atoms with E-state index in [1.165, 1.54) is 0 Å². The van der Waals surface area contributed by atoms with E-state index >= 15 is 0 Å². The zero-order chi connectivity index (χ0) is 18.4. The SMILES string of the molecule is CC(C)(C)OC(=O)N1[C@@H](C(S)c2nc3ccccc3s2)COC1(C)C. The average molecular weight is 381 g/mol. The molecule has 1 saturated heterocycles. The Balaban J connectivity index is 1.89. The largest absolute Gasteiger partial charge is 0.444 e. The van der Waals surface area contributed by atoms with Crippen LogP contribution < -0.4 is 0 Å². The number of fused-ring (bicyclic) bond motifs is 1. The van der Waals surface area contributed by atoms with E-state index in [4.69, 9.17) is 22.1 Å². The smallest absolute Gasteiger partial charge is 0.412 e. The molecule has 2 atom stereocenters. The lowest BCUT2D eigenvalue weighted by atomic mass is 10.1. The molecule has 0 spiro atoms. The number of thiazole rings is 1. The number of thiol groups is 1. The minimum absolute atomic E-state index is 0.242. The highest BCUT2D eigenvalue weighted by Gasteiger charge is 2.48. The fourth-order valence-corrected chi connectivity index (χ4v) is 4.36. The van der Waals surface area contributed by atoms with Crippen LogP contribution in [0.4, 0.5) is 4.79 Å². The number of aromatic nitrogens is 1. The number of para-hydroxylation sites is 1. The summed E-state index contributed by atoms with van der Waals surface area (Å²) in [7, 11) is 0. The number of benzene rings is 1. The van der Waals surface area contributed by atoms with E-state index in [9.17, 15) is 4.79 Å². The number of ether oxygens (including phenoxy) is 2. The maximum atomic E-state index is 12.8. The Morgan fingerprint density at radius 1 is 1.44 bits per heavy atom. The van der Waals surface area contributed by atoms with Crippen molar-refractivity contribution in [2.75, 3.05) is 6.61 Å². The van der Waals surface area contributed by atoms with Crippen LogP contribution >= 0.6 is 24.0 Å². The molecule has 1 aromatic heterocycles. The first-order chi connectivity index (χ1) is 11.6. The molecule has 2 aromatic rings. The second-order valence-electron chi connectivity index (χ2n) is 7.64. The van der Waals surface area contributed by atoms with E-state index < -0.39 is 11.3 Å². The molecule has 0 saturated carbocycles. The normalized spacial score (nSPS) is 21.5. The van der Waals surface area contributed by atoms with Crippen molar-refractivity contribution in [2.45, 2.75) is 57.2 Å². The predicted molar refractivity (Wildman–Crippen MR) is 103 cm³/mol. The third-order valence-electron chi connectivity index (χ3n) is 4.04. The number of carbonyl (C=O) groups excluding carboxylic acids is 1. The Kier molecular flexibility index (Phi) is 4.77. The topological polar surface area (TPSA) is 51.7 Å². The predicted octanol–water partition coefficient (Wildman–Crippen LogP) is 4.64. The van der Waals surface area contributed by atoms with Gasteiger partial charge in [-0.05, 0) is 46.8 Å². The van der Waals surface area contributed by atoms with Crippen LogP contribution in [0.3, 0.4) is 0 Å². The molecule has 0 aliphatic carbocycles. The first kappa shape index (κ1) is 18.5. The van der Waals surface area contributed by atoms with E-state index in [-0.39, 0.29) is 17.4 Å². The molecule has 2 heterocycles. The lowest BCUT2D eigenvalue weighted by Crippen LogP contribution is -2.50. The van der Waals surface area contributed by atoms with Gasteiger partial charge in [-0.2, -0.15) is 12.6 Å². The van der Waals surface area contributed by atoms with Crippen LogP contribution in [-0.4, -0.2) is 40.0 Å². The van der Waals surface area contributed by atoms with E-state index in [1.807, 2.05) is 58.9 Å². The first-order valence-electron chi connectivity index (χ1n) is 8.28. The third-order valence-corrected chi connectivity index (χ3v) is 5.92. The molecule has 1 unspecified atom stereocenters. The zero-order valence-corrected chi connectivity index (χ0v) is 16.9. The Morgan fingerprint density at radius 2 is 2.12 bits per heavy atom. The van der Waals surface area contributed by atoms with Crippen molar-refractivity contribution >= 4 is 40.3 Å². The van der Waals surface area contributed by atoms with Gasteiger partial charge in [-0.3, -0.25) is 4.90 Å². The van der Waals surface area contributed by atoms with Crippen LogP contribution in [0.2, 0.25) is 0 Å². The van der Waals surface area contributed by atoms with Crippen molar-refractivity contribution in [1.82, 2.24) is 9.88 Å². The van der Waals surface area contributed by atoms with Crippen molar-refractivity contribution in [3.63, 3.8) is 0 Å². The van der Waals surface area contributed by atoms with E-state index in [1.54, 1.807) is 16.2 Å². The van der Waals surface area contributed by atoms with Crippen LogP contribution in [0, 0.1) is 0 Å². The second kappa shape index (κ2) is 6.45. The molecule has 3 rings (SSSR count). The number of nitrogens with zero attached hydrogens (tertiary/aromatic N) is 2. The van der Waals surface area contributed by atoms with Crippen molar-refractivity contribution < 1.29 is 14.3 Å². The molecule has 1 aliphatic rings. The first-order valence-corrected chi connectivity index (χ1v) is 9.61. The van der Waals surface area contributed by atoms with Crippen molar-refractivity contribution in [1.29, 1.82) is 0 Å². The second-order valence-corrected chi connectivity index (χ2v) is 9.26. The van der Waals surface area contributed by atoms with Gasteiger partial charge in [-0.25, -0.2) is 9.78 Å². The minimum Gasteiger partial charge on any atom is -0.444 e. The van der Waals surface area contributed by atoms with Gasteiger partial charge in [0.15, 0.2) is 0 Å². The van der Waals surface area contributed by atoms with Gasteiger partial charge >= 0.3 is 6.09 Å². The summed E-state index contributed by atoms with van der Waals surface area (Å²) >= 11 is 6.38. The Bertz CT molecular complexity index is 749. The number of hydrogen-bond acceptors (Lipinski definition) is 6. The molecule has 136 valence electrons. The average Bonchev–Trinajstić information content (AvgIpc) is 3.05. The quantitative estimate of drug-likeness (QED) is 0.771. The van der Waals surface area contributed by atoms with Gasteiger partial charge in [-0.1, -0.05) is 12.1 Å². The van der Waals surface area contributed by atoms with Crippen LogP contribution in [0.1, 0.15) is 44.9 Å². The fourth-order valence-electron chi connectivity index (χ4n) is 2.91. The van der Waals surface area contributed by atoms with Crippen LogP contribution in [0.15, 0.2) is 24.3 Å². The Labute approximate surface area is 157 Å². The number of amides is 1. The Morgan fingerprint density at radius 3 is 2.76 bits per heavy atom. The van der Waals surface area contributed by atoms with E-state index in [2.05, 4.69) is 4.98 Å². The molecule has 25 heavy (non-hydrogen) atoms. The van der Waals surface area contributed by atoms with Gasteiger partial charge in [0.25, 0.3) is 0 Å². The highest BCUT2D eigenvalue weighted by Crippen LogP contribution is 2.40. The van der Waals surface area contributed by atoms with Crippen LogP contribution in [0.25, 0.3) is 10.2 Å². The summed E-state index contributed by atoms with van der Waals surface area (Å²) in [6, 6.07) is 7.74. The van der Waals surface area contributed by atoms with Crippen molar-refractivity contribution in [2.24, 2.45) is 0 Å². The molecule has 0 radical (unpaired) electrons. The van der Waals surface area contributed by atoms with Gasteiger partial charge in [0, 0.05) is 0 Å². The van der Waals surface area contributed by atoms with Gasteiger partial charge in [0.2, 0.25) is 0 Å². The van der Waals surface area contributed by atoms with E-state index in [0.717, 1.165) is 15.2 Å². The van der Waals surface area contributed by atoms with Gasteiger partial charge in [0.1, 0.15) is 16.3 Å². The lowest BCUT2D eigenvalue weighted by Gasteiger charge is -2.36. The van der Waals surface area contributed by atoms with Gasteiger partial charge in [0.05, 0.1) is 28.1 Å². The molecular formula is C18H24N2O3S2. The molecule has 1 amide bonds.